The van der Waals surface area contributed by atoms with Crippen LogP contribution in [-0.4, -0.2) is 36.1 Å². The molecular weight excluding hydrogens is 354 g/mol. The number of benzene rings is 2. The summed E-state index contributed by atoms with van der Waals surface area (Å²) in [7, 11) is 3.11. The first-order valence-corrected chi connectivity index (χ1v) is 8.71. The number of rotatable bonds is 7. The quantitative estimate of drug-likeness (QED) is 0.636. The molecule has 1 N–H and O–H groups in total. The van der Waals surface area contributed by atoms with Crippen LogP contribution in [0.1, 0.15) is 0 Å². The molecule has 3 rings (SSSR count). The minimum Gasteiger partial charge on any atom is -0.497 e. The summed E-state index contributed by atoms with van der Waals surface area (Å²) in [5.41, 5.74) is 0.582. The molecule has 0 radical (unpaired) electrons. The second kappa shape index (κ2) is 8.39. The zero-order chi connectivity index (χ0) is 18.4. The number of thioether (sulfide) groups is 1. The highest BCUT2D eigenvalue weighted by atomic mass is 32.2. The zero-order valence-corrected chi connectivity index (χ0v) is 15.1. The van der Waals surface area contributed by atoms with Gasteiger partial charge < -0.3 is 13.9 Å². The Labute approximate surface area is 154 Å². The van der Waals surface area contributed by atoms with E-state index in [0.29, 0.717) is 17.1 Å². The molecule has 0 saturated heterocycles. The average molecular weight is 371 g/mol. The molecule has 1 amide bonds. The second-order valence-electron chi connectivity index (χ2n) is 5.13. The molecule has 0 saturated carbocycles. The van der Waals surface area contributed by atoms with E-state index in [0.717, 1.165) is 4.90 Å². The first-order valence-electron chi connectivity index (χ1n) is 7.73. The number of carbonyl (C=O) groups excluding carboxylic acids is 1. The number of nitrogens with zero attached hydrogens (tertiary/aromatic N) is 2. The number of hydrogen-bond donors (Lipinski definition) is 1. The van der Waals surface area contributed by atoms with Crippen LogP contribution in [0.5, 0.6) is 11.5 Å². The zero-order valence-electron chi connectivity index (χ0n) is 14.3. The lowest BCUT2D eigenvalue weighted by Gasteiger charge is -2.07. The Kier molecular flexibility index (Phi) is 5.75. The molecule has 8 heteroatoms. The van der Waals surface area contributed by atoms with Gasteiger partial charge in [-0.05, 0) is 30.3 Å². The number of ether oxygens (including phenoxy) is 2. The fourth-order valence-corrected chi connectivity index (χ4v) is 2.90. The van der Waals surface area contributed by atoms with E-state index in [9.17, 15) is 4.79 Å². The lowest BCUT2D eigenvalue weighted by Crippen LogP contribution is -2.14. The minimum atomic E-state index is -0.230. The summed E-state index contributed by atoms with van der Waals surface area (Å²) in [6.45, 7) is 0. The van der Waals surface area contributed by atoms with Crippen molar-refractivity contribution >= 4 is 23.7 Å². The van der Waals surface area contributed by atoms with E-state index >= 15 is 0 Å². The van der Waals surface area contributed by atoms with Crippen LogP contribution < -0.4 is 14.8 Å². The van der Waals surface area contributed by atoms with E-state index in [-0.39, 0.29) is 23.6 Å². The summed E-state index contributed by atoms with van der Waals surface area (Å²) in [6, 6.07) is 14.9. The maximum Gasteiger partial charge on any atom is 0.322 e. The lowest BCUT2D eigenvalue weighted by molar-refractivity contribution is -0.113. The molecule has 0 aliphatic rings. The number of nitrogens with one attached hydrogen (secondary N) is 1. The Morgan fingerprint density at radius 3 is 2.65 bits per heavy atom. The Morgan fingerprint density at radius 1 is 1.12 bits per heavy atom. The van der Waals surface area contributed by atoms with Gasteiger partial charge in [0.2, 0.25) is 5.91 Å². The van der Waals surface area contributed by atoms with E-state index in [1.54, 1.807) is 32.4 Å². The molecule has 1 aromatic heterocycles. The maximum atomic E-state index is 12.1. The molecule has 26 heavy (non-hydrogen) atoms. The van der Waals surface area contributed by atoms with E-state index in [1.807, 2.05) is 30.3 Å². The summed E-state index contributed by atoms with van der Waals surface area (Å²) < 4.78 is 16.0. The third-order valence-corrected chi connectivity index (χ3v) is 4.43. The van der Waals surface area contributed by atoms with E-state index in [4.69, 9.17) is 13.9 Å². The molecule has 0 bridgehead atoms. The highest BCUT2D eigenvalue weighted by molar-refractivity contribution is 8.00. The van der Waals surface area contributed by atoms with Crippen molar-refractivity contribution < 1.29 is 18.7 Å². The van der Waals surface area contributed by atoms with Gasteiger partial charge in [-0.3, -0.25) is 10.1 Å². The Bertz CT molecular complexity index is 883. The van der Waals surface area contributed by atoms with Crippen LogP contribution in [0.15, 0.2) is 57.8 Å². The number of anilines is 1. The van der Waals surface area contributed by atoms with Gasteiger partial charge in [0.15, 0.2) is 0 Å². The monoisotopic (exact) mass is 371 g/mol. The topological polar surface area (TPSA) is 86.5 Å². The third kappa shape index (κ3) is 4.34. The highest BCUT2D eigenvalue weighted by Gasteiger charge is 2.16. The van der Waals surface area contributed by atoms with Crippen LogP contribution >= 0.6 is 11.8 Å². The normalized spacial score (nSPS) is 10.4. The Hall–Kier alpha value is -3.00. The van der Waals surface area contributed by atoms with E-state index in [2.05, 4.69) is 15.5 Å². The Morgan fingerprint density at radius 2 is 1.92 bits per heavy atom. The molecule has 134 valence electrons. The third-order valence-electron chi connectivity index (χ3n) is 3.42. The van der Waals surface area contributed by atoms with Gasteiger partial charge in [0, 0.05) is 4.90 Å². The molecule has 0 aliphatic carbocycles. The van der Waals surface area contributed by atoms with Crippen LogP contribution in [0.4, 0.5) is 6.01 Å². The second-order valence-corrected chi connectivity index (χ2v) is 6.18. The maximum absolute atomic E-state index is 12.1. The number of hydrogen-bond acceptors (Lipinski definition) is 7. The van der Waals surface area contributed by atoms with Crippen molar-refractivity contribution in [3.05, 3.63) is 48.5 Å². The number of methoxy groups -OCH3 is 2. The predicted octanol–water partition coefficient (Wildman–Crippen LogP) is 3.48. The highest BCUT2D eigenvalue weighted by Crippen LogP contribution is 2.33. The van der Waals surface area contributed by atoms with Gasteiger partial charge in [0.1, 0.15) is 11.5 Å². The smallest absolute Gasteiger partial charge is 0.322 e. The molecule has 0 unspecified atom stereocenters. The van der Waals surface area contributed by atoms with E-state index in [1.165, 1.54) is 11.8 Å². The summed E-state index contributed by atoms with van der Waals surface area (Å²) >= 11 is 1.42. The van der Waals surface area contributed by atoms with Gasteiger partial charge >= 0.3 is 6.01 Å². The van der Waals surface area contributed by atoms with E-state index < -0.39 is 0 Å². The molecule has 0 atom stereocenters. The summed E-state index contributed by atoms with van der Waals surface area (Å²) in [6.07, 6.45) is 0. The average Bonchev–Trinajstić information content (AvgIpc) is 3.15. The summed E-state index contributed by atoms with van der Waals surface area (Å²) in [5, 5.41) is 10.4. The molecule has 3 aromatic rings. The SMILES string of the molecule is COc1ccc(OC)c(-c2nnc(NC(=O)CSc3ccccc3)o2)c1. The van der Waals surface area contributed by atoms with Crippen molar-refractivity contribution in [2.24, 2.45) is 0 Å². The van der Waals surface area contributed by atoms with Gasteiger partial charge in [-0.25, -0.2) is 0 Å². The van der Waals surface area contributed by atoms with Crippen LogP contribution in [0.3, 0.4) is 0 Å². The fraction of sp³-hybridized carbons (Fsp3) is 0.167. The molecular formula is C18H17N3O4S. The largest absolute Gasteiger partial charge is 0.497 e. The fourth-order valence-electron chi connectivity index (χ4n) is 2.18. The van der Waals surface area contributed by atoms with Gasteiger partial charge in [-0.1, -0.05) is 23.3 Å². The standard InChI is InChI=1S/C18H17N3O4S/c1-23-12-8-9-15(24-2)14(10-12)17-20-21-18(25-17)19-16(22)11-26-13-6-4-3-5-7-13/h3-10H,11H2,1-2H3,(H,19,21,22). The van der Waals surface area contributed by atoms with Crippen molar-refractivity contribution in [2.45, 2.75) is 4.90 Å². The first kappa shape index (κ1) is 17.8. The van der Waals surface area contributed by atoms with Crippen molar-refractivity contribution in [3.63, 3.8) is 0 Å². The molecule has 2 aromatic carbocycles. The number of aromatic nitrogens is 2. The van der Waals surface area contributed by atoms with Crippen molar-refractivity contribution in [1.29, 1.82) is 0 Å². The van der Waals surface area contributed by atoms with Crippen LogP contribution in [0, 0.1) is 0 Å². The van der Waals surface area contributed by atoms with Gasteiger partial charge in [0.25, 0.3) is 5.89 Å². The molecule has 0 spiro atoms. The molecule has 0 fully saturated rings. The van der Waals surface area contributed by atoms with Crippen LogP contribution in [0.2, 0.25) is 0 Å². The van der Waals surface area contributed by atoms with Crippen LogP contribution in [0.25, 0.3) is 11.5 Å². The van der Waals surface area contributed by atoms with Crippen LogP contribution in [-0.2, 0) is 4.79 Å². The van der Waals surface area contributed by atoms with Gasteiger partial charge in [-0.15, -0.1) is 16.9 Å². The molecule has 7 nitrogen and oxygen atoms in total. The number of amides is 1. The predicted molar refractivity (Wildman–Crippen MR) is 98.6 cm³/mol. The first-order chi connectivity index (χ1) is 12.7. The number of carbonyl (C=O) groups is 1. The minimum absolute atomic E-state index is 0.0311. The van der Waals surface area contributed by atoms with Crippen molar-refractivity contribution in [1.82, 2.24) is 10.2 Å². The van der Waals surface area contributed by atoms with Crippen molar-refractivity contribution in [2.75, 3.05) is 25.3 Å². The molecule has 1 heterocycles. The molecule has 0 aliphatic heterocycles. The van der Waals surface area contributed by atoms with Crippen molar-refractivity contribution in [3.8, 4) is 23.0 Å². The summed E-state index contributed by atoms with van der Waals surface area (Å²) in [5.74, 6) is 1.43. The van der Waals surface area contributed by atoms with Gasteiger partial charge in [0.05, 0.1) is 25.5 Å². The summed E-state index contributed by atoms with van der Waals surface area (Å²) in [4.78, 5) is 13.1. The Balaban J connectivity index is 1.67. The lowest BCUT2D eigenvalue weighted by atomic mass is 10.2. The van der Waals surface area contributed by atoms with Gasteiger partial charge in [-0.2, -0.15) is 0 Å².